The Labute approximate surface area is 145 Å². The number of carbonyl (C=O) groups is 2. The molecule has 0 aromatic carbocycles. The van der Waals surface area contributed by atoms with E-state index in [4.69, 9.17) is 21.1 Å². The lowest BCUT2D eigenvalue weighted by molar-refractivity contribution is 0.0483. The molecule has 0 bridgehead atoms. The van der Waals surface area contributed by atoms with Gasteiger partial charge in [-0.25, -0.2) is 19.1 Å². The van der Waals surface area contributed by atoms with Crippen LogP contribution in [0.4, 0.5) is 4.79 Å². The Morgan fingerprint density at radius 3 is 2.50 bits per heavy atom. The minimum absolute atomic E-state index is 0.0779. The number of ether oxygens (including phenoxy) is 2. The molecule has 2 rings (SSSR count). The number of carbonyl (C=O) groups excluding carboxylic acids is 2. The molecule has 24 heavy (non-hydrogen) atoms. The van der Waals surface area contributed by atoms with E-state index in [1.807, 2.05) is 6.92 Å². The Bertz CT molecular complexity index is 790. The van der Waals surface area contributed by atoms with E-state index in [2.05, 4.69) is 4.98 Å². The summed E-state index contributed by atoms with van der Waals surface area (Å²) < 4.78 is 11.2. The van der Waals surface area contributed by atoms with Crippen molar-refractivity contribution in [1.82, 2.24) is 9.55 Å². The number of pyridine rings is 1. The summed E-state index contributed by atoms with van der Waals surface area (Å²) >= 11 is 5.95. The van der Waals surface area contributed by atoms with Gasteiger partial charge in [0.05, 0.1) is 7.11 Å². The zero-order chi connectivity index (χ0) is 18.1. The first-order valence-corrected chi connectivity index (χ1v) is 7.67. The van der Waals surface area contributed by atoms with Gasteiger partial charge in [-0.2, -0.15) is 0 Å². The lowest BCUT2D eigenvalue weighted by atomic mass is 10.1. The normalized spacial score (nSPS) is 11.2. The van der Waals surface area contributed by atoms with E-state index in [-0.39, 0.29) is 5.69 Å². The van der Waals surface area contributed by atoms with E-state index in [1.165, 1.54) is 13.3 Å². The molecule has 0 aliphatic carbocycles. The first kappa shape index (κ1) is 18.0. The predicted octanol–water partition coefficient (Wildman–Crippen LogP) is 4.08. The van der Waals surface area contributed by atoms with Crippen LogP contribution in [0.1, 0.15) is 36.8 Å². The van der Waals surface area contributed by atoms with E-state index in [9.17, 15) is 9.59 Å². The summed E-state index contributed by atoms with van der Waals surface area (Å²) in [7, 11) is 1.25. The third-order valence-corrected chi connectivity index (χ3v) is 3.39. The van der Waals surface area contributed by atoms with Crippen LogP contribution in [0, 0.1) is 6.92 Å². The number of methoxy groups -OCH3 is 1. The van der Waals surface area contributed by atoms with Crippen molar-refractivity contribution < 1.29 is 19.1 Å². The zero-order valence-corrected chi connectivity index (χ0v) is 15.0. The average Bonchev–Trinajstić information content (AvgIpc) is 2.92. The highest BCUT2D eigenvalue weighted by Crippen LogP contribution is 2.28. The summed E-state index contributed by atoms with van der Waals surface area (Å²) in [5.41, 5.74) is 1.65. The Hall–Kier alpha value is -2.34. The second-order valence-electron chi connectivity index (χ2n) is 6.28. The number of nitrogens with zero attached hydrogens (tertiary/aromatic N) is 2. The van der Waals surface area contributed by atoms with Gasteiger partial charge in [-0.15, -0.1) is 0 Å². The van der Waals surface area contributed by atoms with Crippen LogP contribution in [0.25, 0.3) is 11.1 Å². The molecular formula is C17H19ClN2O4. The molecule has 0 fully saturated rings. The molecule has 2 aromatic rings. The first-order chi connectivity index (χ1) is 11.1. The monoisotopic (exact) mass is 350 g/mol. The topological polar surface area (TPSA) is 70.4 Å². The molecule has 0 unspecified atom stereocenters. The number of esters is 1. The van der Waals surface area contributed by atoms with Gasteiger partial charge in [0.15, 0.2) is 0 Å². The largest absolute Gasteiger partial charge is 0.464 e. The van der Waals surface area contributed by atoms with Gasteiger partial charge in [0.2, 0.25) is 0 Å². The molecule has 0 amide bonds. The second-order valence-corrected chi connectivity index (χ2v) is 6.67. The van der Waals surface area contributed by atoms with Crippen molar-refractivity contribution in [1.29, 1.82) is 0 Å². The smallest absolute Gasteiger partial charge is 0.419 e. The molecule has 6 nitrogen and oxygen atoms in total. The van der Waals surface area contributed by atoms with Crippen LogP contribution in [0.2, 0.25) is 5.15 Å². The molecule has 0 saturated heterocycles. The molecule has 0 saturated carbocycles. The van der Waals surface area contributed by atoms with Crippen LogP contribution < -0.4 is 0 Å². The third kappa shape index (κ3) is 3.94. The molecule has 7 heteroatoms. The SMILES string of the molecule is COC(=O)c1cc(-c2cc(Cl)ncc2C)cn1C(=O)OC(C)(C)C. The predicted molar refractivity (Wildman–Crippen MR) is 90.4 cm³/mol. The van der Waals surface area contributed by atoms with Gasteiger partial charge in [-0.3, -0.25) is 0 Å². The number of hydrogen-bond donors (Lipinski definition) is 0. The van der Waals surface area contributed by atoms with Gasteiger partial charge in [0, 0.05) is 18.0 Å². The lowest BCUT2D eigenvalue weighted by Gasteiger charge is -2.20. The fourth-order valence-corrected chi connectivity index (χ4v) is 2.30. The van der Waals surface area contributed by atoms with E-state index >= 15 is 0 Å². The summed E-state index contributed by atoms with van der Waals surface area (Å²) in [4.78, 5) is 28.4. The number of hydrogen-bond acceptors (Lipinski definition) is 5. The van der Waals surface area contributed by atoms with Crippen LogP contribution in [-0.2, 0) is 9.47 Å². The van der Waals surface area contributed by atoms with Crippen LogP contribution >= 0.6 is 11.6 Å². The zero-order valence-electron chi connectivity index (χ0n) is 14.2. The molecular weight excluding hydrogens is 332 g/mol. The molecule has 0 aliphatic heterocycles. The number of halogens is 1. The average molecular weight is 351 g/mol. The van der Waals surface area contributed by atoms with Gasteiger partial charge in [0.25, 0.3) is 0 Å². The Morgan fingerprint density at radius 1 is 1.25 bits per heavy atom. The summed E-state index contributed by atoms with van der Waals surface area (Å²) in [6, 6.07) is 3.24. The van der Waals surface area contributed by atoms with E-state index in [0.29, 0.717) is 10.7 Å². The van der Waals surface area contributed by atoms with Crippen LogP contribution in [0.5, 0.6) is 0 Å². The molecule has 0 radical (unpaired) electrons. The summed E-state index contributed by atoms with van der Waals surface area (Å²) in [6.45, 7) is 7.11. The maximum absolute atomic E-state index is 12.4. The van der Waals surface area contributed by atoms with Gasteiger partial charge < -0.3 is 9.47 Å². The molecule has 128 valence electrons. The van der Waals surface area contributed by atoms with Crippen molar-refractivity contribution in [2.45, 2.75) is 33.3 Å². The molecule has 0 atom stereocenters. The van der Waals surface area contributed by atoms with Gasteiger partial charge in [-0.05, 0) is 51.0 Å². The summed E-state index contributed by atoms with van der Waals surface area (Å²) in [5.74, 6) is -0.634. The first-order valence-electron chi connectivity index (χ1n) is 7.29. The highest BCUT2D eigenvalue weighted by molar-refractivity contribution is 6.29. The van der Waals surface area contributed by atoms with Crippen molar-refractivity contribution in [3.05, 3.63) is 40.9 Å². The Balaban J connectivity index is 2.55. The third-order valence-electron chi connectivity index (χ3n) is 3.19. The minimum Gasteiger partial charge on any atom is -0.464 e. The fourth-order valence-electron chi connectivity index (χ4n) is 2.14. The summed E-state index contributed by atoms with van der Waals surface area (Å²) in [5, 5.41) is 0.320. The van der Waals surface area contributed by atoms with Crippen LogP contribution in [0.15, 0.2) is 24.5 Å². The van der Waals surface area contributed by atoms with Crippen molar-refractivity contribution >= 4 is 23.7 Å². The van der Waals surface area contributed by atoms with Gasteiger partial charge >= 0.3 is 12.1 Å². The minimum atomic E-state index is -0.690. The van der Waals surface area contributed by atoms with Crippen molar-refractivity contribution in [3.8, 4) is 11.1 Å². The summed E-state index contributed by atoms with van der Waals surface area (Å²) in [6.07, 6.45) is 2.49. The van der Waals surface area contributed by atoms with Crippen molar-refractivity contribution in [3.63, 3.8) is 0 Å². The van der Waals surface area contributed by atoms with Crippen molar-refractivity contribution in [2.24, 2.45) is 0 Å². The molecule has 0 aliphatic rings. The van der Waals surface area contributed by atoms with Gasteiger partial charge in [0.1, 0.15) is 16.4 Å². The maximum Gasteiger partial charge on any atom is 0.419 e. The van der Waals surface area contributed by atoms with E-state index < -0.39 is 17.7 Å². The van der Waals surface area contributed by atoms with Crippen molar-refractivity contribution in [2.75, 3.05) is 7.11 Å². The quantitative estimate of drug-likeness (QED) is 0.602. The molecule has 2 heterocycles. The molecule has 2 aromatic heterocycles. The lowest BCUT2D eigenvalue weighted by Crippen LogP contribution is -2.28. The van der Waals surface area contributed by atoms with E-state index in [0.717, 1.165) is 15.7 Å². The standard InChI is InChI=1S/C17H19ClN2O4/c1-10-8-19-14(18)7-12(10)11-6-13(15(21)23-5)20(9-11)16(22)24-17(2,3)4/h6-9H,1-5H3. The number of aryl methyl sites for hydroxylation is 1. The highest BCUT2D eigenvalue weighted by Gasteiger charge is 2.24. The molecule has 0 spiro atoms. The maximum atomic E-state index is 12.4. The van der Waals surface area contributed by atoms with E-state index in [1.54, 1.807) is 39.1 Å². The Kier molecular flexibility index (Phi) is 4.99. The number of rotatable bonds is 2. The van der Waals surface area contributed by atoms with Crippen LogP contribution in [-0.4, -0.2) is 34.3 Å². The fraction of sp³-hybridized carbons (Fsp3) is 0.353. The second kappa shape index (κ2) is 6.65. The molecule has 0 N–H and O–H groups in total. The van der Waals surface area contributed by atoms with Gasteiger partial charge in [-0.1, -0.05) is 11.6 Å². The van der Waals surface area contributed by atoms with Crippen LogP contribution in [0.3, 0.4) is 0 Å². The number of aromatic nitrogens is 2. The Morgan fingerprint density at radius 2 is 1.92 bits per heavy atom. The highest BCUT2D eigenvalue weighted by atomic mass is 35.5.